The number of aromatic nitrogens is 2. The van der Waals surface area contributed by atoms with E-state index < -0.39 is 11.9 Å². The van der Waals surface area contributed by atoms with Gasteiger partial charge in [0.25, 0.3) is 0 Å². The topological polar surface area (TPSA) is 86.3 Å². The van der Waals surface area contributed by atoms with Gasteiger partial charge in [0.15, 0.2) is 0 Å². The molecule has 1 aromatic heterocycles. The molecule has 2 aliphatic rings. The summed E-state index contributed by atoms with van der Waals surface area (Å²) in [5.74, 6) is -1.08. The fourth-order valence-electron chi connectivity index (χ4n) is 2.89. The monoisotopic (exact) mass is 263 g/mol. The van der Waals surface area contributed by atoms with Gasteiger partial charge in [-0.05, 0) is 30.7 Å². The first-order chi connectivity index (χ1) is 9.16. The number of aromatic amines is 1. The molecule has 0 radical (unpaired) electrons. The van der Waals surface area contributed by atoms with E-state index in [1.807, 2.05) is 17.3 Å². The number of nitrogens with zero attached hydrogens (tertiary/aromatic N) is 2. The van der Waals surface area contributed by atoms with Gasteiger partial charge in [-0.15, -0.1) is 0 Å². The molecule has 0 spiro atoms. The van der Waals surface area contributed by atoms with Crippen LogP contribution < -0.4 is 0 Å². The summed E-state index contributed by atoms with van der Waals surface area (Å²) in [6, 6.07) is 0. The zero-order valence-electron chi connectivity index (χ0n) is 10.6. The van der Waals surface area contributed by atoms with E-state index in [1.165, 1.54) is 5.56 Å². The number of carboxylic acids is 1. The van der Waals surface area contributed by atoms with Crippen LogP contribution in [0.3, 0.4) is 0 Å². The molecule has 1 amide bonds. The first-order valence-corrected chi connectivity index (χ1v) is 6.67. The van der Waals surface area contributed by atoms with E-state index in [2.05, 4.69) is 10.2 Å². The highest BCUT2D eigenvalue weighted by Crippen LogP contribution is 2.41. The number of carboxylic acid groups (broad SMARTS) is 1. The van der Waals surface area contributed by atoms with E-state index in [0.29, 0.717) is 12.3 Å². The van der Waals surface area contributed by atoms with Crippen molar-refractivity contribution < 1.29 is 14.7 Å². The summed E-state index contributed by atoms with van der Waals surface area (Å²) in [4.78, 5) is 24.7. The van der Waals surface area contributed by atoms with Crippen LogP contribution in [0.1, 0.15) is 30.7 Å². The van der Waals surface area contributed by atoms with Crippen LogP contribution in [0.4, 0.5) is 0 Å². The van der Waals surface area contributed by atoms with Gasteiger partial charge in [0.2, 0.25) is 5.91 Å². The zero-order valence-corrected chi connectivity index (χ0v) is 10.6. The predicted octanol–water partition coefficient (Wildman–Crippen LogP) is 0.836. The van der Waals surface area contributed by atoms with Crippen LogP contribution in [0, 0.1) is 11.8 Å². The van der Waals surface area contributed by atoms with Crippen LogP contribution in [-0.4, -0.2) is 45.2 Å². The normalized spacial score (nSPS) is 27.3. The third-order valence-corrected chi connectivity index (χ3v) is 4.22. The summed E-state index contributed by atoms with van der Waals surface area (Å²) in [6.07, 6.45) is 6.11. The lowest BCUT2D eigenvalue weighted by Gasteiger charge is -2.31. The number of nitrogens with one attached hydrogen (secondary N) is 1. The SMILES string of the molecule is O=C(O)C1CC1C(=O)N1CCC(c2cn[nH]c2)CC1. The van der Waals surface area contributed by atoms with E-state index in [9.17, 15) is 9.59 Å². The number of rotatable bonds is 3. The fraction of sp³-hybridized carbons (Fsp3) is 0.615. The quantitative estimate of drug-likeness (QED) is 0.846. The summed E-state index contributed by atoms with van der Waals surface area (Å²) in [6.45, 7) is 1.44. The van der Waals surface area contributed by atoms with Crippen molar-refractivity contribution in [3.8, 4) is 0 Å². The molecule has 2 atom stereocenters. The maximum atomic E-state index is 12.1. The van der Waals surface area contributed by atoms with E-state index in [4.69, 9.17) is 5.11 Å². The van der Waals surface area contributed by atoms with Gasteiger partial charge in [0, 0.05) is 19.3 Å². The molecule has 102 valence electrons. The molecule has 1 aliphatic carbocycles. The van der Waals surface area contributed by atoms with Crippen molar-refractivity contribution in [3.63, 3.8) is 0 Å². The van der Waals surface area contributed by atoms with Gasteiger partial charge < -0.3 is 10.0 Å². The second-order valence-electron chi connectivity index (χ2n) is 5.42. The average molecular weight is 263 g/mol. The molecule has 0 bridgehead atoms. The second-order valence-corrected chi connectivity index (χ2v) is 5.42. The Balaban J connectivity index is 1.53. The van der Waals surface area contributed by atoms with Crippen molar-refractivity contribution >= 4 is 11.9 Å². The first kappa shape index (κ1) is 12.2. The maximum absolute atomic E-state index is 12.1. The molecule has 1 aromatic rings. The van der Waals surface area contributed by atoms with Gasteiger partial charge in [-0.3, -0.25) is 14.7 Å². The van der Waals surface area contributed by atoms with Gasteiger partial charge in [-0.1, -0.05) is 0 Å². The summed E-state index contributed by atoms with van der Waals surface area (Å²) < 4.78 is 0. The fourth-order valence-corrected chi connectivity index (χ4v) is 2.89. The Kier molecular flexibility index (Phi) is 3.00. The molecule has 1 saturated carbocycles. The molecule has 1 saturated heterocycles. The Morgan fingerprint density at radius 2 is 2.05 bits per heavy atom. The van der Waals surface area contributed by atoms with E-state index >= 15 is 0 Å². The van der Waals surface area contributed by atoms with Crippen molar-refractivity contribution in [2.75, 3.05) is 13.1 Å². The lowest BCUT2D eigenvalue weighted by Crippen LogP contribution is -2.39. The Morgan fingerprint density at radius 3 is 2.58 bits per heavy atom. The number of aliphatic carboxylic acids is 1. The van der Waals surface area contributed by atoms with Gasteiger partial charge in [0.1, 0.15) is 0 Å². The van der Waals surface area contributed by atoms with E-state index in [-0.39, 0.29) is 11.8 Å². The molecular weight excluding hydrogens is 246 g/mol. The Morgan fingerprint density at radius 1 is 1.32 bits per heavy atom. The lowest BCUT2D eigenvalue weighted by molar-refractivity contribution is -0.142. The Hall–Kier alpha value is -1.85. The van der Waals surface area contributed by atoms with Crippen LogP contribution >= 0.6 is 0 Å². The highest BCUT2D eigenvalue weighted by atomic mass is 16.4. The summed E-state index contributed by atoms with van der Waals surface area (Å²) in [5, 5.41) is 15.6. The summed E-state index contributed by atoms with van der Waals surface area (Å²) >= 11 is 0. The minimum absolute atomic E-state index is 0.0260. The van der Waals surface area contributed by atoms with Gasteiger partial charge in [-0.2, -0.15) is 5.10 Å². The molecule has 1 aliphatic heterocycles. The number of amides is 1. The molecule has 19 heavy (non-hydrogen) atoms. The number of likely N-dealkylation sites (tertiary alicyclic amines) is 1. The van der Waals surface area contributed by atoms with Crippen molar-refractivity contribution in [1.82, 2.24) is 15.1 Å². The standard InChI is InChI=1S/C13H17N3O3/c17-12(10-5-11(10)13(18)19)16-3-1-8(2-4-16)9-6-14-15-7-9/h6-8,10-11H,1-5H2,(H,14,15)(H,18,19). The predicted molar refractivity (Wildman–Crippen MR) is 66.4 cm³/mol. The minimum atomic E-state index is -0.841. The third-order valence-electron chi connectivity index (χ3n) is 4.22. The van der Waals surface area contributed by atoms with Crippen LogP contribution in [0.25, 0.3) is 0 Å². The zero-order chi connectivity index (χ0) is 13.4. The number of carbonyl (C=O) groups is 2. The van der Waals surface area contributed by atoms with Crippen LogP contribution in [-0.2, 0) is 9.59 Å². The van der Waals surface area contributed by atoms with E-state index in [0.717, 1.165) is 25.9 Å². The molecule has 0 aromatic carbocycles. The second kappa shape index (κ2) is 4.68. The highest BCUT2D eigenvalue weighted by molar-refractivity contribution is 5.89. The molecule has 3 rings (SSSR count). The Labute approximate surface area is 110 Å². The number of hydrogen-bond acceptors (Lipinski definition) is 3. The minimum Gasteiger partial charge on any atom is -0.481 e. The molecular formula is C13H17N3O3. The molecule has 6 heteroatoms. The van der Waals surface area contributed by atoms with Crippen molar-refractivity contribution in [1.29, 1.82) is 0 Å². The summed E-state index contributed by atoms with van der Waals surface area (Å²) in [7, 11) is 0. The third kappa shape index (κ3) is 2.34. The Bertz CT molecular complexity index is 477. The smallest absolute Gasteiger partial charge is 0.307 e. The number of H-pyrrole nitrogens is 1. The highest BCUT2D eigenvalue weighted by Gasteiger charge is 2.50. The lowest BCUT2D eigenvalue weighted by atomic mass is 9.91. The average Bonchev–Trinajstić information content (AvgIpc) is 3.05. The molecule has 2 N–H and O–H groups in total. The van der Waals surface area contributed by atoms with Gasteiger partial charge in [0.05, 0.1) is 18.0 Å². The molecule has 2 heterocycles. The van der Waals surface area contributed by atoms with Gasteiger partial charge >= 0.3 is 5.97 Å². The molecule has 2 unspecified atom stereocenters. The van der Waals surface area contributed by atoms with E-state index in [1.54, 1.807) is 0 Å². The van der Waals surface area contributed by atoms with Crippen LogP contribution in [0.5, 0.6) is 0 Å². The molecule has 6 nitrogen and oxygen atoms in total. The van der Waals surface area contributed by atoms with Crippen molar-refractivity contribution in [2.24, 2.45) is 11.8 Å². The first-order valence-electron chi connectivity index (χ1n) is 6.67. The van der Waals surface area contributed by atoms with Crippen molar-refractivity contribution in [2.45, 2.75) is 25.2 Å². The molecule has 2 fully saturated rings. The largest absolute Gasteiger partial charge is 0.481 e. The van der Waals surface area contributed by atoms with Crippen molar-refractivity contribution in [3.05, 3.63) is 18.0 Å². The number of hydrogen-bond donors (Lipinski definition) is 2. The number of piperidine rings is 1. The maximum Gasteiger partial charge on any atom is 0.307 e. The van der Waals surface area contributed by atoms with Crippen LogP contribution in [0.15, 0.2) is 12.4 Å². The van der Waals surface area contributed by atoms with Gasteiger partial charge in [-0.25, -0.2) is 0 Å². The van der Waals surface area contributed by atoms with Crippen LogP contribution in [0.2, 0.25) is 0 Å². The summed E-state index contributed by atoms with van der Waals surface area (Å²) in [5.41, 5.74) is 1.20. The number of carbonyl (C=O) groups excluding carboxylic acids is 1.